The van der Waals surface area contributed by atoms with Crippen LogP contribution in [0.5, 0.6) is 0 Å². The van der Waals surface area contributed by atoms with Gasteiger partial charge in [-0.25, -0.2) is 0 Å². The third-order valence-electron chi connectivity index (χ3n) is 4.25. The van der Waals surface area contributed by atoms with Crippen LogP contribution in [0, 0.1) is 13.8 Å². The molecule has 4 heteroatoms. The average Bonchev–Trinajstić information content (AvgIpc) is 2.68. The normalized spacial score (nSPS) is 17.8. The molecule has 1 aromatic rings. The summed E-state index contributed by atoms with van der Waals surface area (Å²) in [5.74, 6) is 0. The van der Waals surface area contributed by atoms with Gasteiger partial charge in [0.25, 0.3) is 0 Å². The molecule has 0 unspecified atom stereocenters. The molecule has 0 bridgehead atoms. The molecule has 0 atom stereocenters. The van der Waals surface area contributed by atoms with Crippen LogP contribution in [0.1, 0.15) is 33.7 Å². The SMILES string of the molecule is Cc1[nH]c(C=O)c(C)c1CCCN1CCN(C)CC1. The van der Waals surface area contributed by atoms with Crippen molar-refractivity contribution in [3.63, 3.8) is 0 Å². The van der Waals surface area contributed by atoms with Crippen molar-refractivity contribution >= 4 is 6.29 Å². The number of hydrogen-bond donors (Lipinski definition) is 1. The molecule has 1 N–H and O–H groups in total. The second kappa shape index (κ2) is 6.35. The Morgan fingerprint density at radius 1 is 1.21 bits per heavy atom. The zero-order valence-corrected chi connectivity index (χ0v) is 12.3. The number of aryl methyl sites for hydroxylation is 1. The number of aromatic nitrogens is 1. The summed E-state index contributed by atoms with van der Waals surface area (Å²) >= 11 is 0. The first-order valence-electron chi connectivity index (χ1n) is 7.16. The number of H-pyrrole nitrogens is 1. The predicted octanol–water partition coefficient (Wildman–Crippen LogP) is 1.62. The van der Waals surface area contributed by atoms with E-state index in [0.717, 1.165) is 36.2 Å². The van der Waals surface area contributed by atoms with Crippen molar-refractivity contribution in [3.05, 3.63) is 22.5 Å². The second-order valence-corrected chi connectivity index (χ2v) is 5.63. The van der Waals surface area contributed by atoms with Gasteiger partial charge in [0.15, 0.2) is 6.29 Å². The zero-order valence-electron chi connectivity index (χ0n) is 12.3. The van der Waals surface area contributed by atoms with E-state index in [4.69, 9.17) is 0 Å². The molecule has 0 aromatic carbocycles. The van der Waals surface area contributed by atoms with E-state index in [1.807, 2.05) is 6.92 Å². The lowest BCUT2D eigenvalue weighted by Gasteiger charge is -2.32. The Kier molecular flexibility index (Phi) is 4.77. The summed E-state index contributed by atoms with van der Waals surface area (Å²) in [4.78, 5) is 19.0. The van der Waals surface area contributed by atoms with Gasteiger partial charge in [-0.05, 0) is 51.4 Å². The number of carbonyl (C=O) groups is 1. The third-order valence-corrected chi connectivity index (χ3v) is 4.25. The fraction of sp³-hybridized carbons (Fsp3) is 0.667. The lowest BCUT2D eigenvalue weighted by Crippen LogP contribution is -2.44. The van der Waals surface area contributed by atoms with E-state index in [1.165, 1.54) is 38.2 Å². The predicted molar refractivity (Wildman–Crippen MR) is 77.9 cm³/mol. The Balaban J connectivity index is 1.82. The number of carbonyl (C=O) groups excluding carboxylic acids is 1. The van der Waals surface area contributed by atoms with Crippen LogP contribution < -0.4 is 0 Å². The van der Waals surface area contributed by atoms with Crippen molar-refractivity contribution in [3.8, 4) is 0 Å². The fourth-order valence-corrected chi connectivity index (χ4v) is 2.86. The Hall–Kier alpha value is -1.13. The third kappa shape index (κ3) is 3.45. The number of aromatic amines is 1. The number of hydrogen-bond acceptors (Lipinski definition) is 3. The van der Waals surface area contributed by atoms with Crippen LogP contribution in [-0.4, -0.2) is 60.8 Å². The molecule has 1 fully saturated rings. The molecule has 0 saturated carbocycles. The van der Waals surface area contributed by atoms with Crippen LogP contribution in [0.15, 0.2) is 0 Å². The van der Waals surface area contributed by atoms with E-state index < -0.39 is 0 Å². The molecule has 1 aliphatic heterocycles. The highest BCUT2D eigenvalue weighted by Crippen LogP contribution is 2.18. The molecule has 1 aliphatic rings. The van der Waals surface area contributed by atoms with Gasteiger partial charge in [0.2, 0.25) is 0 Å². The van der Waals surface area contributed by atoms with Crippen molar-refractivity contribution in [2.75, 3.05) is 39.8 Å². The maximum absolute atomic E-state index is 10.9. The molecule has 2 rings (SSSR count). The van der Waals surface area contributed by atoms with Crippen LogP contribution in [-0.2, 0) is 6.42 Å². The fourth-order valence-electron chi connectivity index (χ4n) is 2.86. The summed E-state index contributed by atoms with van der Waals surface area (Å²) in [6.07, 6.45) is 3.15. The number of likely N-dealkylation sites (N-methyl/N-ethyl adjacent to an activating group) is 1. The van der Waals surface area contributed by atoms with Crippen molar-refractivity contribution < 1.29 is 4.79 Å². The summed E-state index contributed by atoms with van der Waals surface area (Å²) < 4.78 is 0. The maximum atomic E-state index is 10.9. The maximum Gasteiger partial charge on any atom is 0.166 e. The highest BCUT2D eigenvalue weighted by atomic mass is 16.1. The van der Waals surface area contributed by atoms with E-state index in [2.05, 4.69) is 28.8 Å². The van der Waals surface area contributed by atoms with Crippen LogP contribution in [0.4, 0.5) is 0 Å². The monoisotopic (exact) mass is 263 g/mol. The Labute approximate surface area is 115 Å². The first-order valence-corrected chi connectivity index (χ1v) is 7.16. The van der Waals surface area contributed by atoms with Crippen LogP contribution in [0.3, 0.4) is 0 Å². The lowest BCUT2D eigenvalue weighted by molar-refractivity contribution is 0.111. The number of aldehydes is 1. The van der Waals surface area contributed by atoms with Crippen LogP contribution in [0.25, 0.3) is 0 Å². The largest absolute Gasteiger partial charge is 0.356 e. The smallest absolute Gasteiger partial charge is 0.166 e. The van der Waals surface area contributed by atoms with Gasteiger partial charge >= 0.3 is 0 Å². The molecular formula is C15H25N3O. The number of piperazine rings is 1. The first kappa shape index (κ1) is 14.3. The summed E-state index contributed by atoms with van der Waals surface area (Å²) in [5.41, 5.74) is 4.35. The Morgan fingerprint density at radius 3 is 2.47 bits per heavy atom. The summed E-state index contributed by atoms with van der Waals surface area (Å²) in [5, 5.41) is 0. The van der Waals surface area contributed by atoms with Gasteiger partial charge in [-0.1, -0.05) is 0 Å². The minimum absolute atomic E-state index is 0.743. The molecule has 0 radical (unpaired) electrons. The number of nitrogens with one attached hydrogen (secondary N) is 1. The summed E-state index contributed by atoms with van der Waals surface area (Å²) in [6.45, 7) is 9.98. The lowest BCUT2D eigenvalue weighted by atomic mass is 10.0. The molecular weight excluding hydrogens is 238 g/mol. The number of rotatable bonds is 5. The van der Waals surface area contributed by atoms with Crippen molar-refractivity contribution in [2.24, 2.45) is 0 Å². The highest BCUT2D eigenvalue weighted by molar-refractivity contribution is 5.75. The topological polar surface area (TPSA) is 39.3 Å². The minimum Gasteiger partial charge on any atom is -0.356 e. The van der Waals surface area contributed by atoms with Gasteiger partial charge in [-0.3, -0.25) is 4.79 Å². The molecule has 0 spiro atoms. The molecule has 1 aromatic heterocycles. The number of nitrogens with zero attached hydrogens (tertiary/aromatic N) is 2. The molecule has 0 amide bonds. The van der Waals surface area contributed by atoms with Crippen molar-refractivity contribution in [1.29, 1.82) is 0 Å². The van der Waals surface area contributed by atoms with Crippen molar-refractivity contribution in [2.45, 2.75) is 26.7 Å². The van der Waals surface area contributed by atoms with E-state index in [0.29, 0.717) is 0 Å². The summed E-state index contributed by atoms with van der Waals surface area (Å²) in [7, 11) is 2.19. The molecule has 1 saturated heterocycles. The van der Waals surface area contributed by atoms with Gasteiger partial charge < -0.3 is 14.8 Å². The molecule has 4 nitrogen and oxygen atoms in total. The van der Waals surface area contributed by atoms with E-state index in [1.54, 1.807) is 0 Å². The molecule has 19 heavy (non-hydrogen) atoms. The van der Waals surface area contributed by atoms with Gasteiger partial charge in [0.05, 0.1) is 5.69 Å². The van der Waals surface area contributed by atoms with Crippen LogP contribution in [0.2, 0.25) is 0 Å². The molecule has 0 aliphatic carbocycles. The van der Waals surface area contributed by atoms with Gasteiger partial charge in [0.1, 0.15) is 0 Å². The second-order valence-electron chi connectivity index (χ2n) is 5.63. The standard InChI is InChI=1S/C15H25N3O/c1-12-14(13(2)16-15(12)11-19)5-4-6-18-9-7-17(3)8-10-18/h11,16H,4-10H2,1-3H3. The Bertz CT molecular complexity index is 431. The molecule has 2 heterocycles. The van der Waals surface area contributed by atoms with Crippen LogP contribution >= 0.6 is 0 Å². The van der Waals surface area contributed by atoms with Gasteiger partial charge in [0, 0.05) is 31.9 Å². The van der Waals surface area contributed by atoms with E-state index in [-0.39, 0.29) is 0 Å². The average molecular weight is 263 g/mol. The van der Waals surface area contributed by atoms with Gasteiger partial charge in [-0.2, -0.15) is 0 Å². The Morgan fingerprint density at radius 2 is 1.89 bits per heavy atom. The highest BCUT2D eigenvalue weighted by Gasteiger charge is 2.14. The van der Waals surface area contributed by atoms with E-state index >= 15 is 0 Å². The zero-order chi connectivity index (χ0) is 13.8. The van der Waals surface area contributed by atoms with Gasteiger partial charge in [-0.15, -0.1) is 0 Å². The minimum atomic E-state index is 0.743. The first-order chi connectivity index (χ1) is 9.11. The quantitative estimate of drug-likeness (QED) is 0.821. The molecule has 106 valence electrons. The van der Waals surface area contributed by atoms with E-state index in [9.17, 15) is 4.79 Å². The summed E-state index contributed by atoms with van der Waals surface area (Å²) in [6, 6.07) is 0. The van der Waals surface area contributed by atoms with Crippen molar-refractivity contribution in [1.82, 2.24) is 14.8 Å².